The first-order valence-corrected chi connectivity index (χ1v) is 0.408. The maximum absolute atomic E-state index is 4.25. The van der Waals surface area contributed by atoms with Crippen molar-refractivity contribution in [2.24, 2.45) is 0 Å². The number of halogens is 2. The fourth-order valence-electron chi connectivity index (χ4n) is 0. The summed E-state index contributed by atoms with van der Waals surface area (Å²) in [5, 5.41) is 0. The molecule has 0 aliphatic rings. The summed E-state index contributed by atoms with van der Waals surface area (Å²) in [5.41, 5.74) is 0. The van der Waals surface area contributed by atoms with E-state index in [1.807, 2.05) is 0 Å². The van der Waals surface area contributed by atoms with Gasteiger partial charge in [-0.1, -0.05) is 0 Å². The minimum absolute atomic E-state index is 0. The summed E-state index contributed by atoms with van der Waals surface area (Å²) in [7, 11) is 4.25. The van der Waals surface area contributed by atoms with Crippen LogP contribution in [0.15, 0.2) is 0 Å². The Morgan fingerprint density at radius 2 is 1.00 bits per heavy atom. The summed E-state index contributed by atoms with van der Waals surface area (Å²) < 4.78 is 0. The van der Waals surface area contributed by atoms with Gasteiger partial charge in [0.05, 0.1) is 0 Å². The van der Waals surface area contributed by atoms with Crippen LogP contribution in [0.1, 0.15) is 0 Å². The van der Waals surface area contributed by atoms with Crippen LogP contribution in [0, 0.1) is 0 Å². The van der Waals surface area contributed by atoms with Gasteiger partial charge in [-0.3, -0.25) is 9.41 Å². The molecule has 0 spiro atoms. The molecule has 0 bridgehead atoms. The molecule has 0 aliphatic heterocycles. The molecule has 0 heterocycles. The molecule has 0 nitrogen and oxygen atoms in total. The number of rotatable bonds is 0. The Hall–Kier alpha value is -0.205. The molecule has 1 radical (unpaired) electrons. The molecule has 0 unspecified atom stereocenters. The average Bonchev–Trinajstić information content (AvgIpc) is 1.00. The first-order chi connectivity index (χ1) is 1.00. The van der Waals surface area contributed by atoms with Gasteiger partial charge in [-0.15, -0.1) is 0 Å². The normalized spacial score (nSPS) is 0.750. The minimum atomic E-state index is 0. The molecule has 0 saturated heterocycles. The van der Waals surface area contributed by atoms with Crippen LogP contribution in [-0.2, 0) is 0 Å². The van der Waals surface area contributed by atoms with E-state index in [0.29, 0.717) is 0 Å². The predicted molar refractivity (Wildman–Crippen MR) is 17.9 cm³/mol. The third-order valence-corrected chi connectivity index (χ3v) is 0. The van der Waals surface area contributed by atoms with Crippen LogP contribution in [0.25, 0.3) is 0 Å². The van der Waals surface area contributed by atoms with Crippen molar-refractivity contribution in [1.29, 1.82) is 0 Å². The Morgan fingerprint density at radius 3 is 1.00 bits per heavy atom. The Balaban J connectivity index is -0.00000000500. The molecule has 3 heteroatoms. The zero-order valence-corrected chi connectivity index (χ0v) is 2.10. The first kappa shape index (κ1) is 46.9. The molecule has 0 rings (SSSR count). The molecule has 0 aromatic rings. The van der Waals surface area contributed by atoms with Crippen LogP contribution < -0.4 is 0 Å². The second kappa shape index (κ2) is 214. The van der Waals surface area contributed by atoms with Crippen molar-refractivity contribution >= 4 is 14.0 Å². The van der Waals surface area contributed by atoms with Crippen LogP contribution in [0.4, 0.5) is 9.41 Å². The molecule has 0 saturated carbocycles. The van der Waals surface area contributed by atoms with Gasteiger partial charge < -0.3 is 0 Å². The van der Waals surface area contributed by atoms with Crippen LogP contribution in [-0.4, -0.2) is 14.0 Å². The number of hydrogen-bond donors (Lipinski definition) is 0. The zero-order chi connectivity index (χ0) is 2.00. The summed E-state index contributed by atoms with van der Waals surface area (Å²) in [4.78, 5) is 0. The van der Waals surface area contributed by atoms with Gasteiger partial charge in [0.2, 0.25) is 0 Å². The van der Waals surface area contributed by atoms with Gasteiger partial charge in [0.1, 0.15) is 0 Å². The predicted octanol–water partition coefficient (Wildman–Crippen LogP) is -0.108. The van der Waals surface area contributed by atoms with Gasteiger partial charge in [-0.2, -0.15) is 0 Å². The Kier molecular flexibility index (Phi) is 2510. The topological polar surface area (TPSA) is 0 Å². The van der Waals surface area contributed by atoms with E-state index in [9.17, 15) is 0 Å². The summed E-state index contributed by atoms with van der Waals surface area (Å²) in [6.07, 6.45) is 0. The molecule has 25 valence electrons. The van der Waals surface area contributed by atoms with Gasteiger partial charge in [0, 0.05) is 0 Å². The third-order valence-electron chi connectivity index (χ3n) is 0. The van der Waals surface area contributed by atoms with Crippen molar-refractivity contribution in [2.45, 2.75) is 0 Å². The number of hydrogen-bond acceptors (Lipinski definition) is 0. The average molecular weight is 64.9 g/mol. The fraction of sp³-hybridized carbons (Fsp3) is 0. The molecule has 0 aromatic heterocycles. The van der Waals surface area contributed by atoms with Crippen LogP contribution in [0.3, 0.4) is 0 Å². The fourth-order valence-corrected chi connectivity index (χ4v) is 0. The second-order valence-corrected chi connectivity index (χ2v) is 0. The van der Waals surface area contributed by atoms with Crippen molar-refractivity contribution in [2.75, 3.05) is 0 Å². The van der Waals surface area contributed by atoms with Crippen LogP contribution in [0.2, 0.25) is 0 Å². The maximum atomic E-state index is 4.25. The molecule has 0 N–H and O–H groups in total. The summed E-state index contributed by atoms with van der Waals surface area (Å²) in [5.74, 6) is 0. The van der Waals surface area contributed by atoms with Gasteiger partial charge in [0.15, 0.2) is 0 Å². The van der Waals surface area contributed by atoms with E-state index in [0.717, 1.165) is 0 Å². The molecule has 0 fully saturated rings. The van der Waals surface area contributed by atoms with Gasteiger partial charge in [-0.05, 0) is 0 Å². The molecular weight excluding hydrogens is 60.8 g/mol. The van der Waals surface area contributed by atoms with E-state index in [1.54, 1.807) is 0 Å². The Morgan fingerprint density at radius 1 is 1.00 bits per heavy atom. The summed E-state index contributed by atoms with van der Waals surface area (Å²) in [6, 6.07) is 0. The molecule has 0 aliphatic carbocycles. The zero-order valence-electron chi connectivity index (χ0n) is 2.10. The van der Waals surface area contributed by atoms with Gasteiger partial charge >= 0.3 is 14.0 Å². The van der Waals surface area contributed by atoms with E-state index >= 15 is 0 Å². The quantitative estimate of drug-likeness (QED) is 0.345. The van der Waals surface area contributed by atoms with E-state index in [2.05, 4.69) is 14.0 Å². The molecule has 4 heavy (non-hydrogen) atoms. The summed E-state index contributed by atoms with van der Waals surface area (Å²) in [6.45, 7) is 2.75. The van der Waals surface area contributed by atoms with E-state index in [-0.39, 0.29) is 9.41 Å². The molecule has 0 atom stereocenters. The van der Waals surface area contributed by atoms with Crippen LogP contribution >= 0.6 is 0 Å². The monoisotopic (exact) mass is 65.0 g/mol. The van der Waals surface area contributed by atoms with Gasteiger partial charge in [0.25, 0.3) is 0 Å². The summed E-state index contributed by atoms with van der Waals surface area (Å²) >= 11 is 0. The third kappa shape index (κ3) is 27.0. The molecule has 0 amide bonds. The molecule has 0 aromatic carbocycles. The van der Waals surface area contributed by atoms with E-state index in [1.165, 1.54) is 0 Å². The second-order valence-electron chi connectivity index (χ2n) is 0. The van der Waals surface area contributed by atoms with Crippen molar-refractivity contribution in [3.63, 3.8) is 0 Å². The van der Waals surface area contributed by atoms with Crippen molar-refractivity contribution in [3.8, 4) is 0 Å². The standard InChI is InChI=1S/CH2B.2FH/c1-2;;/h1H2;2*1H. The van der Waals surface area contributed by atoms with E-state index < -0.39 is 0 Å². The SMILES string of the molecule is F.F.[B]=C. The first-order valence-electron chi connectivity index (χ1n) is 0.408. The van der Waals surface area contributed by atoms with Crippen LogP contribution in [0.5, 0.6) is 0 Å². The van der Waals surface area contributed by atoms with E-state index in [4.69, 9.17) is 0 Å². The van der Waals surface area contributed by atoms with Crippen molar-refractivity contribution < 1.29 is 9.41 Å². The Labute approximate surface area is 24.6 Å². The van der Waals surface area contributed by atoms with Crippen molar-refractivity contribution in [3.05, 3.63) is 0 Å². The Bertz CT molecular complexity index is 6.00. The van der Waals surface area contributed by atoms with Crippen molar-refractivity contribution in [1.82, 2.24) is 0 Å². The van der Waals surface area contributed by atoms with Gasteiger partial charge in [-0.25, -0.2) is 0 Å². The molecular formula is CH4BF2.